The molecule has 1 N–H and O–H groups in total. The molecule has 16 heavy (non-hydrogen) atoms. The fourth-order valence-corrected chi connectivity index (χ4v) is 1.84. The second kappa shape index (κ2) is 4.45. The van der Waals surface area contributed by atoms with Crippen LogP contribution in [0, 0.1) is 0 Å². The molecule has 0 aliphatic heterocycles. The molecule has 2 aromatic heterocycles. The zero-order chi connectivity index (χ0) is 11.5. The fourth-order valence-electron chi connectivity index (χ4n) is 1.84. The lowest BCUT2D eigenvalue weighted by Gasteiger charge is -2.14. The van der Waals surface area contributed by atoms with E-state index in [0.29, 0.717) is 0 Å². The summed E-state index contributed by atoms with van der Waals surface area (Å²) in [4.78, 5) is 4.13. The normalized spacial score (nSPS) is 12.9. The molecule has 4 heteroatoms. The number of aromatic nitrogens is 3. The lowest BCUT2D eigenvalue weighted by Crippen LogP contribution is -2.16. The van der Waals surface area contributed by atoms with Gasteiger partial charge in [-0.2, -0.15) is 5.10 Å². The number of hydrogen-bond donors (Lipinski definition) is 1. The van der Waals surface area contributed by atoms with E-state index in [1.54, 1.807) is 6.20 Å². The van der Waals surface area contributed by atoms with Crippen LogP contribution in [0.1, 0.15) is 24.9 Å². The molecule has 0 spiro atoms. The van der Waals surface area contributed by atoms with Crippen molar-refractivity contribution in [2.24, 2.45) is 0 Å². The summed E-state index contributed by atoms with van der Waals surface area (Å²) in [7, 11) is 1.95. The minimum Gasteiger partial charge on any atom is -0.313 e. The van der Waals surface area contributed by atoms with Crippen LogP contribution < -0.4 is 5.32 Å². The maximum Gasteiger partial charge on any atom is 0.0892 e. The highest BCUT2D eigenvalue weighted by Gasteiger charge is 2.14. The van der Waals surface area contributed by atoms with Gasteiger partial charge in [-0.15, -0.1) is 6.58 Å². The largest absolute Gasteiger partial charge is 0.313 e. The van der Waals surface area contributed by atoms with E-state index < -0.39 is 0 Å². The number of rotatable bonds is 4. The summed E-state index contributed by atoms with van der Waals surface area (Å²) in [5.41, 5.74) is 3.37. The molecule has 1 atom stereocenters. The summed E-state index contributed by atoms with van der Waals surface area (Å²) in [6.07, 6.45) is 8.22. The molecule has 1 unspecified atom stereocenters. The molecule has 0 aliphatic carbocycles. The SMILES string of the molecule is C=C(C)CC(NC)c1cnn2ccncc12. The molecule has 0 aromatic carbocycles. The van der Waals surface area contributed by atoms with Crippen LogP contribution in [0.4, 0.5) is 0 Å². The van der Waals surface area contributed by atoms with Gasteiger partial charge in [0.25, 0.3) is 0 Å². The highest BCUT2D eigenvalue weighted by Crippen LogP contribution is 2.23. The Labute approximate surface area is 95.0 Å². The van der Waals surface area contributed by atoms with Gasteiger partial charge in [0.1, 0.15) is 0 Å². The number of hydrogen-bond acceptors (Lipinski definition) is 3. The molecular weight excluding hydrogens is 200 g/mol. The van der Waals surface area contributed by atoms with Crippen LogP contribution in [-0.2, 0) is 0 Å². The van der Waals surface area contributed by atoms with Gasteiger partial charge in [-0.1, -0.05) is 5.57 Å². The van der Waals surface area contributed by atoms with E-state index in [1.165, 1.54) is 5.56 Å². The van der Waals surface area contributed by atoms with Crippen molar-refractivity contribution >= 4 is 5.52 Å². The minimum absolute atomic E-state index is 0.249. The third-order valence-electron chi connectivity index (χ3n) is 2.63. The standard InChI is InChI=1S/C12H16N4/c1-9(2)6-11(13-3)10-7-15-16-5-4-14-8-12(10)16/h4-5,7-8,11,13H,1,6H2,2-3H3. The second-order valence-electron chi connectivity index (χ2n) is 4.01. The molecule has 84 valence electrons. The van der Waals surface area contributed by atoms with Crippen molar-refractivity contribution in [2.45, 2.75) is 19.4 Å². The number of fused-ring (bicyclic) bond motifs is 1. The Morgan fingerprint density at radius 2 is 2.38 bits per heavy atom. The highest BCUT2D eigenvalue weighted by molar-refractivity contribution is 5.53. The van der Waals surface area contributed by atoms with Crippen LogP contribution >= 0.6 is 0 Å². The number of nitrogens with zero attached hydrogens (tertiary/aromatic N) is 3. The first-order valence-electron chi connectivity index (χ1n) is 5.31. The maximum atomic E-state index is 4.30. The Morgan fingerprint density at radius 3 is 3.06 bits per heavy atom. The molecule has 4 nitrogen and oxygen atoms in total. The van der Waals surface area contributed by atoms with Crippen molar-refractivity contribution in [1.82, 2.24) is 19.9 Å². The molecule has 2 heterocycles. The quantitative estimate of drug-likeness (QED) is 0.794. The van der Waals surface area contributed by atoms with Gasteiger partial charge in [0.2, 0.25) is 0 Å². The predicted octanol–water partition coefficient (Wildman–Crippen LogP) is 1.96. The summed E-state index contributed by atoms with van der Waals surface area (Å²) in [6.45, 7) is 5.99. The third-order valence-corrected chi connectivity index (χ3v) is 2.63. The molecule has 0 amide bonds. The first-order chi connectivity index (χ1) is 7.72. The lowest BCUT2D eigenvalue weighted by molar-refractivity contribution is 0.593. The van der Waals surface area contributed by atoms with Crippen LogP contribution in [0.5, 0.6) is 0 Å². The third kappa shape index (κ3) is 1.97. The van der Waals surface area contributed by atoms with E-state index in [4.69, 9.17) is 0 Å². The van der Waals surface area contributed by atoms with Crippen molar-refractivity contribution in [2.75, 3.05) is 7.05 Å². The molecule has 0 bridgehead atoms. The summed E-state index contributed by atoms with van der Waals surface area (Å²) in [6, 6.07) is 0.249. The van der Waals surface area contributed by atoms with E-state index in [0.717, 1.165) is 17.5 Å². The van der Waals surface area contributed by atoms with E-state index in [9.17, 15) is 0 Å². The Hall–Kier alpha value is -1.68. The second-order valence-corrected chi connectivity index (χ2v) is 4.01. The van der Waals surface area contributed by atoms with Gasteiger partial charge in [-0.05, 0) is 20.4 Å². The fraction of sp³-hybridized carbons (Fsp3) is 0.333. The zero-order valence-electron chi connectivity index (χ0n) is 9.64. The van der Waals surface area contributed by atoms with Crippen LogP contribution in [0.2, 0.25) is 0 Å². The zero-order valence-corrected chi connectivity index (χ0v) is 9.64. The maximum absolute atomic E-state index is 4.30. The monoisotopic (exact) mass is 216 g/mol. The first-order valence-corrected chi connectivity index (χ1v) is 5.31. The van der Waals surface area contributed by atoms with Crippen LogP contribution in [0.15, 0.2) is 36.9 Å². The van der Waals surface area contributed by atoms with Gasteiger partial charge in [0.05, 0.1) is 17.9 Å². The first kappa shape index (κ1) is 10.8. The topological polar surface area (TPSA) is 42.2 Å². The molecule has 2 aromatic rings. The van der Waals surface area contributed by atoms with Crippen molar-refractivity contribution in [1.29, 1.82) is 0 Å². The summed E-state index contributed by atoms with van der Waals surface area (Å²) in [5.74, 6) is 0. The van der Waals surface area contributed by atoms with E-state index in [2.05, 4.69) is 22.0 Å². The summed E-state index contributed by atoms with van der Waals surface area (Å²) in [5, 5.41) is 7.59. The van der Waals surface area contributed by atoms with Gasteiger partial charge >= 0.3 is 0 Å². The van der Waals surface area contributed by atoms with E-state index >= 15 is 0 Å². The Morgan fingerprint density at radius 1 is 1.56 bits per heavy atom. The Bertz CT molecular complexity index is 500. The Kier molecular flexibility index (Phi) is 3.01. The van der Waals surface area contributed by atoms with Crippen molar-refractivity contribution < 1.29 is 0 Å². The average Bonchev–Trinajstić information content (AvgIpc) is 2.69. The number of nitrogens with one attached hydrogen (secondary N) is 1. The molecular formula is C12H16N4. The lowest BCUT2D eigenvalue weighted by atomic mass is 10.0. The van der Waals surface area contributed by atoms with Gasteiger partial charge in [0, 0.05) is 24.0 Å². The van der Waals surface area contributed by atoms with Crippen LogP contribution in [0.25, 0.3) is 5.52 Å². The van der Waals surface area contributed by atoms with Crippen LogP contribution in [0.3, 0.4) is 0 Å². The predicted molar refractivity (Wildman–Crippen MR) is 64.2 cm³/mol. The van der Waals surface area contributed by atoms with E-state index in [-0.39, 0.29) is 6.04 Å². The molecule has 0 fully saturated rings. The van der Waals surface area contributed by atoms with Gasteiger partial charge < -0.3 is 5.32 Å². The van der Waals surface area contributed by atoms with Gasteiger partial charge in [-0.25, -0.2) is 4.52 Å². The summed E-state index contributed by atoms with van der Waals surface area (Å²) >= 11 is 0. The molecule has 0 saturated heterocycles. The molecule has 0 saturated carbocycles. The smallest absolute Gasteiger partial charge is 0.0892 e. The minimum atomic E-state index is 0.249. The molecule has 0 radical (unpaired) electrons. The molecule has 2 rings (SSSR count). The highest BCUT2D eigenvalue weighted by atomic mass is 15.2. The van der Waals surface area contributed by atoms with Crippen molar-refractivity contribution in [3.63, 3.8) is 0 Å². The van der Waals surface area contributed by atoms with E-state index in [1.807, 2.05) is 37.1 Å². The van der Waals surface area contributed by atoms with Crippen molar-refractivity contribution in [3.8, 4) is 0 Å². The van der Waals surface area contributed by atoms with Gasteiger partial charge in [-0.3, -0.25) is 4.98 Å². The summed E-state index contributed by atoms with van der Waals surface area (Å²) < 4.78 is 1.84. The Balaban J connectivity index is 2.41. The van der Waals surface area contributed by atoms with Gasteiger partial charge in [0.15, 0.2) is 0 Å². The van der Waals surface area contributed by atoms with Crippen LogP contribution in [-0.4, -0.2) is 21.6 Å². The molecule has 0 aliphatic rings. The van der Waals surface area contributed by atoms with Crippen molar-refractivity contribution in [3.05, 3.63) is 42.5 Å². The average molecular weight is 216 g/mol.